The Morgan fingerprint density at radius 3 is 2.52 bits per heavy atom. The molecular formula is C14H22O9. The standard InChI is InChI=1S/C14H22O9/c1-6-13(21-7(2)16)8(3-4-20-6)22-14-12(19)11(18)10(17)9(5-15)23-14/h3-4,6,8-15,17-19H,5H2,1-2H3. The highest BCUT2D eigenvalue weighted by atomic mass is 16.7. The molecule has 4 N–H and O–H groups in total. The van der Waals surface area contributed by atoms with Crippen LogP contribution in [0.2, 0.25) is 0 Å². The first-order valence-corrected chi connectivity index (χ1v) is 7.30. The molecule has 9 heteroatoms. The second-order valence-corrected chi connectivity index (χ2v) is 5.54. The number of ether oxygens (including phenoxy) is 4. The lowest BCUT2D eigenvalue weighted by atomic mass is 9.99. The van der Waals surface area contributed by atoms with E-state index >= 15 is 0 Å². The lowest BCUT2D eigenvalue weighted by molar-refractivity contribution is -0.315. The van der Waals surface area contributed by atoms with Crippen LogP contribution in [-0.2, 0) is 23.7 Å². The van der Waals surface area contributed by atoms with E-state index in [1.54, 1.807) is 6.92 Å². The maximum absolute atomic E-state index is 11.2. The number of carbonyl (C=O) groups is 1. The molecule has 0 aromatic carbocycles. The number of carbonyl (C=O) groups excluding carboxylic acids is 1. The summed E-state index contributed by atoms with van der Waals surface area (Å²) < 4.78 is 21.3. The van der Waals surface area contributed by atoms with E-state index < -0.39 is 61.6 Å². The predicted octanol–water partition coefficient (Wildman–Crippen LogP) is -1.96. The second-order valence-electron chi connectivity index (χ2n) is 5.54. The maximum atomic E-state index is 11.2. The summed E-state index contributed by atoms with van der Waals surface area (Å²) in [4.78, 5) is 11.2. The van der Waals surface area contributed by atoms with E-state index in [1.165, 1.54) is 19.3 Å². The molecule has 1 saturated heterocycles. The van der Waals surface area contributed by atoms with Gasteiger partial charge in [0, 0.05) is 6.92 Å². The van der Waals surface area contributed by atoms with Gasteiger partial charge in [0.15, 0.2) is 12.4 Å². The Bertz CT molecular complexity index is 438. The van der Waals surface area contributed by atoms with E-state index in [-0.39, 0.29) is 0 Å². The fourth-order valence-corrected chi connectivity index (χ4v) is 2.51. The highest BCUT2D eigenvalue weighted by molar-refractivity contribution is 5.66. The molecule has 23 heavy (non-hydrogen) atoms. The van der Waals surface area contributed by atoms with Crippen LogP contribution < -0.4 is 0 Å². The van der Waals surface area contributed by atoms with E-state index in [0.717, 1.165) is 0 Å². The predicted molar refractivity (Wildman–Crippen MR) is 73.9 cm³/mol. The van der Waals surface area contributed by atoms with E-state index in [9.17, 15) is 20.1 Å². The third kappa shape index (κ3) is 4.00. The Labute approximate surface area is 133 Å². The maximum Gasteiger partial charge on any atom is 0.303 e. The van der Waals surface area contributed by atoms with Crippen LogP contribution in [-0.4, -0.2) is 82.0 Å². The summed E-state index contributed by atoms with van der Waals surface area (Å²) in [5.74, 6) is -0.525. The third-order valence-electron chi connectivity index (χ3n) is 3.79. The van der Waals surface area contributed by atoms with Crippen LogP contribution in [0.25, 0.3) is 0 Å². The van der Waals surface area contributed by atoms with Gasteiger partial charge in [0.1, 0.15) is 36.6 Å². The number of hydrogen-bond acceptors (Lipinski definition) is 9. The SMILES string of the molecule is CC(=O)OC1C(C)OC=CC1OC1OC(CO)C(O)C(O)C1O. The minimum atomic E-state index is -1.54. The first-order chi connectivity index (χ1) is 10.8. The Balaban J connectivity index is 2.10. The fraction of sp³-hybridized carbons (Fsp3) is 0.786. The highest BCUT2D eigenvalue weighted by Crippen LogP contribution is 2.26. The van der Waals surface area contributed by atoms with Gasteiger partial charge < -0.3 is 39.4 Å². The summed E-state index contributed by atoms with van der Waals surface area (Å²) in [5, 5.41) is 38.6. The van der Waals surface area contributed by atoms with Crippen molar-refractivity contribution in [1.82, 2.24) is 0 Å². The molecule has 2 rings (SSSR count). The van der Waals surface area contributed by atoms with Gasteiger partial charge >= 0.3 is 5.97 Å². The average molecular weight is 334 g/mol. The largest absolute Gasteiger partial charge is 0.495 e. The number of esters is 1. The molecule has 8 atom stereocenters. The Morgan fingerprint density at radius 2 is 1.91 bits per heavy atom. The van der Waals surface area contributed by atoms with Crippen molar-refractivity contribution >= 4 is 5.97 Å². The van der Waals surface area contributed by atoms with E-state index in [2.05, 4.69) is 0 Å². The van der Waals surface area contributed by atoms with Crippen LogP contribution >= 0.6 is 0 Å². The first-order valence-electron chi connectivity index (χ1n) is 7.30. The molecule has 132 valence electrons. The van der Waals surface area contributed by atoms with Crippen molar-refractivity contribution in [2.24, 2.45) is 0 Å². The Morgan fingerprint density at radius 1 is 1.22 bits per heavy atom. The third-order valence-corrected chi connectivity index (χ3v) is 3.79. The molecule has 0 bridgehead atoms. The molecule has 0 saturated carbocycles. The van der Waals surface area contributed by atoms with Gasteiger partial charge in [-0.3, -0.25) is 4.79 Å². The summed E-state index contributed by atoms with van der Waals surface area (Å²) in [7, 11) is 0. The monoisotopic (exact) mass is 334 g/mol. The Hall–Kier alpha value is -1.23. The van der Waals surface area contributed by atoms with Crippen molar-refractivity contribution in [2.45, 2.75) is 62.9 Å². The van der Waals surface area contributed by atoms with Crippen molar-refractivity contribution in [3.63, 3.8) is 0 Å². The molecule has 0 radical (unpaired) electrons. The topological polar surface area (TPSA) is 135 Å². The minimum Gasteiger partial charge on any atom is -0.495 e. The van der Waals surface area contributed by atoms with Gasteiger partial charge in [0.25, 0.3) is 0 Å². The zero-order valence-electron chi connectivity index (χ0n) is 12.8. The van der Waals surface area contributed by atoms with Gasteiger partial charge in [0.2, 0.25) is 0 Å². The summed E-state index contributed by atoms with van der Waals surface area (Å²) in [6.45, 7) is 2.37. The van der Waals surface area contributed by atoms with Gasteiger partial charge in [-0.05, 0) is 13.0 Å². The highest BCUT2D eigenvalue weighted by Gasteiger charge is 2.46. The van der Waals surface area contributed by atoms with E-state index in [1.807, 2.05) is 0 Å². The van der Waals surface area contributed by atoms with Crippen molar-refractivity contribution < 1.29 is 44.2 Å². The molecule has 0 spiro atoms. The van der Waals surface area contributed by atoms with Gasteiger partial charge in [-0.1, -0.05) is 0 Å². The Kier molecular flexibility index (Phi) is 5.95. The van der Waals surface area contributed by atoms with Gasteiger partial charge in [-0.15, -0.1) is 0 Å². The van der Waals surface area contributed by atoms with Crippen molar-refractivity contribution in [3.8, 4) is 0 Å². The van der Waals surface area contributed by atoms with Crippen molar-refractivity contribution in [3.05, 3.63) is 12.3 Å². The van der Waals surface area contributed by atoms with Crippen molar-refractivity contribution in [1.29, 1.82) is 0 Å². The summed E-state index contributed by atoms with van der Waals surface area (Å²) >= 11 is 0. The summed E-state index contributed by atoms with van der Waals surface area (Å²) in [5.41, 5.74) is 0. The lowest BCUT2D eigenvalue weighted by Gasteiger charge is -2.42. The molecule has 0 aliphatic carbocycles. The molecule has 2 heterocycles. The van der Waals surface area contributed by atoms with Crippen LogP contribution in [0.5, 0.6) is 0 Å². The molecule has 2 aliphatic heterocycles. The number of aliphatic hydroxyl groups excluding tert-OH is 4. The lowest BCUT2D eigenvalue weighted by Crippen LogP contribution is -2.60. The minimum absolute atomic E-state index is 0.487. The second kappa shape index (κ2) is 7.56. The molecule has 0 amide bonds. The number of hydrogen-bond donors (Lipinski definition) is 4. The van der Waals surface area contributed by atoms with Gasteiger partial charge in [-0.2, -0.15) is 0 Å². The van der Waals surface area contributed by atoms with Crippen LogP contribution in [0.4, 0.5) is 0 Å². The summed E-state index contributed by atoms with van der Waals surface area (Å²) in [6.07, 6.45) is -6.13. The van der Waals surface area contributed by atoms with Gasteiger partial charge in [0.05, 0.1) is 12.9 Å². The van der Waals surface area contributed by atoms with Crippen LogP contribution in [0, 0.1) is 0 Å². The quantitative estimate of drug-likeness (QED) is 0.432. The van der Waals surface area contributed by atoms with E-state index in [0.29, 0.717) is 0 Å². The molecule has 1 fully saturated rings. The zero-order chi connectivity index (χ0) is 17.1. The van der Waals surface area contributed by atoms with E-state index in [4.69, 9.17) is 24.1 Å². The smallest absolute Gasteiger partial charge is 0.303 e. The first kappa shape index (κ1) is 18.1. The van der Waals surface area contributed by atoms with Crippen molar-refractivity contribution in [2.75, 3.05) is 6.61 Å². The normalized spacial score (nSPS) is 43.7. The van der Waals surface area contributed by atoms with Crippen LogP contribution in [0.1, 0.15) is 13.8 Å². The van der Waals surface area contributed by atoms with Crippen LogP contribution in [0.15, 0.2) is 12.3 Å². The molecular weight excluding hydrogens is 312 g/mol. The molecule has 2 aliphatic rings. The molecule has 0 aromatic heterocycles. The molecule has 0 aromatic rings. The number of aliphatic hydroxyl groups is 4. The fourth-order valence-electron chi connectivity index (χ4n) is 2.51. The molecule has 8 unspecified atom stereocenters. The molecule has 9 nitrogen and oxygen atoms in total. The van der Waals surface area contributed by atoms with Crippen LogP contribution in [0.3, 0.4) is 0 Å². The zero-order valence-corrected chi connectivity index (χ0v) is 12.8. The average Bonchev–Trinajstić information content (AvgIpc) is 2.50. The van der Waals surface area contributed by atoms with Gasteiger partial charge in [-0.25, -0.2) is 0 Å². The number of rotatable bonds is 4. The summed E-state index contributed by atoms with van der Waals surface area (Å²) in [6, 6.07) is 0.